The van der Waals surface area contributed by atoms with Crippen molar-refractivity contribution >= 4 is 17.5 Å². The van der Waals surface area contributed by atoms with Gasteiger partial charge in [0.1, 0.15) is 5.75 Å². The van der Waals surface area contributed by atoms with Gasteiger partial charge < -0.3 is 10.1 Å². The molecule has 2 aromatic rings. The summed E-state index contributed by atoms with van der Waals surface area (Å²) in [6.45, 7) is 0.661. The normalized spacial score (nSPS) is 13.2. The quantitative estimate of drug-likeness (QED) is 0.862. The first kappa shape index (κ1) is 16.8. The fourth-order valence-electron chi connectivity index (χ4n) is 3.07. The molecule has 1 N–H and O–H groups in total. The molecule has 0 spiro atoms. The summed E-state index contributed by atoms with van der Waals surface area (Å²) in [5, 5.41) is 3.62. The molecule has 126 valence electrons. The number of hydrogen-bond acceptors (Lipinski definition) is 2. The van der Waals surface area contributed by atoms with Gasteiger partial charge in [0.25, 0.3) is 5.91 Å². The highest BCUT2D eigenvalue weighted by Crippen LogP contribution is 2.29. The minimum Gasteiger partial charge on any atom is -0.483 e. The summed E-state index contributed by atoms with van der Waals surface area (Å²) in [4.78, 5) is 12.0. The van der Waals surface area contributed by atoms with Crippen LogP contribution in [-0.4, -0.2) is 19.1 Å². The number of benzene rings is 2. The Morgan fingerprint density at radius 3 is 2.71 bits per heavy atom. The van der Waals surface area contributed by atoms with E-state index in [0.717, 1.165) is 35.6 Å². The van der Waals surface area contributed by atoms with E-state index < -0.39 is 0 Å². The van der Waals surface area contributed by atoms with E-state index in [9.17, 15) is 4.79 Å². The monoisotopic (exact) mass is 343 g/mol. The molecule has 0 bridgehead atoms. The van der Waals surface area contributed by atoms with Crippen molar-refractivity contribution in [2.75, 3.05) is 13.2 Å². The number of hydrogen-bond donors (Lipinski definition) is 1. The zero-order valence-corrected chi connectivity index (χ0v) is 14.4. The van der Waals surface area contributed by atoms with Crippen LogP contribution in [0.5, 0.6) is 5.75 Å². The van der Waals surface area contributed by atoms with Gasteiger partial charge in [0.15, 0.2) is 6.61 Å². The fraction of sp³-hybridized carbons (Fsp3) is 0.350. The van der Waals surface area contributed by atoms with E-state index >= 15 is 0 Å². The average molecular weight is 344 g/mol. The van der Waals surface area contributed by atoms with Crippen molar-refractivity contribution in [3.05, 3.63) is 64.2 Å². The second-order valence-electron chi connectivity index (χ2n) is 6.12. The minimum atomic E-state index is -0.0858. The maximum absolute atomic E-state index is 12.0. The number of carbonyl (C=O) groups excluding carboxylic acids is 1. The van der Waals surface area contributed by atoms with Gasteiger partial charge >= 0.3 is 0 Å². The van der Waals surface area contributed by atoms with Gasteiger partial charge in [0.05, 0.1) is 0 Å². The summed E-state index contributed by atoms with van der Waals surface area (Å²) in [7, 11) is 0. The van der Waals surface area contributed by atoms with Gasteiger partial charge in [-0.2, -0.15) is 0 Å². The van der Waals surface area contributed by atoms with Crippen molar-refractivity contribution in [1.29, 1.82) is 0 Å². The van der Waals surface area contributed by atoms with Crippen molar-refractivity contribution in [2.24, 2.45) is 0 Å². The number of halogens is 1. The highest BCUT2D eigenvalue weighted by Gasteiger charge is 2.14. The van der Waals surface area contributed by atoms with Crippen LogP contribution < -0.4 is 10.1 Å². The maximum Gasteiger partial charge on any atom is 0.257 e. The molecular formula is C20H22ClNO2. The second-order valence-corrected chi connectivity index (χ2v) is 6.55. The van der Waals surface area contributed by atoms with E-state index in [1.807, 2.05) is 36.4 Å². The summed E-state index contributed by atoms with van der Waals surface area (Å²) in [5.74, 6) is 0.775. The van der Waals surface area contributed by atoms with Gasteiger partial charge in [0.2, 0.25) is 0 Å². The van der Waals surface area contributed by atoms with Crippen molar-refractivity contribution in [2.45, 2.75) is 32.1 Å². The van der Waals surface area contributed by atoms with Gasteiger partial charge in [-0.05, 0) is 67.0 Å². The molecule has 2 aromatic carbocycles. The maximum atomic E-state index is 12.0. The lowest BCUT2D eigenvalue weighted by molar-refractivity contribution is -0.123. The molecule has 0 fully saturated rings. The van der Waals surface area contributed by atoms with Gasteiger partial charge in [-0.1, -0.05) is 35.9 Å². The Balaban J connectivity index is 1.45. The predicted molar refractivity (Wildman–Crippen MR) is 96.7 cm³/mol. The van der Waals surface area contributed by atoms with Gasteiger partial charge in [-0.3, -0.25) is 4.79 Å². The van der Waals surface area contributed by atoms with Crippen molar-refractivity contribution < 1.29 is 9.53 Å². The van der Waals surface area contributed by atoms with Crippen LogP contribution in [0.25, 0.3) is 0 Å². The Labute approximate surface area is 148 Å². The van der Waals surface area contributed by atoms with E-state index in [2.05, 4.69) is 11.4 Å². The summed E-state index contributed by atoms with van der Waals surface area (Å²) < 4.78 is 5.76. The zero-order chi connectivity index (χ0) is 16.8. The van der Waals surface area contributed by atoms with Gasteiger partial charge in [-0.15, -0.1) is 0 Å². The van der Waals surface area contributed by atoms with Crippen molar-refractivity contribution in [1.82, 2.24) is 5.32 Å². The molecule has 0 radical (unpaired) electrons. The molecule has 0 atom stereocenters. The number of fused-ring (bicyclic) bond motifs is 1. The van der Waals surface area contributed by atoms with E-state index in [0.29, 0.717) is 6.54 Å². The van der Waals surface area contributed by atoms with Crippen LogP contribution in [0.2, 0.25) is 5.02 Å². The Morgan fingerprint density at radius 1 is 1.08 bits per heavy atom. The molecular weight excluding hydrogens is 322 g/mol. The first-order valence-corrected chi connectivity index (χ1v) is 8.85. The smallest absolute Gasteiger partial charge is 0.257 e. The van der Waals surface area contributed by atoms with Crippen LogP contribution in [0.1, 0.15) is 29.5 Å². The van der Waals surface area contributed by atoms with Crippen LogP contribution in [0.4, 0.5) is 0 Å². The zero-order valence-electron chi connectivity index (χ0n) is 13.7. The van der Waals surface area contributed by atoms with Crippen LogP contribution >= 0.6 is 11.6 Å². The van der Waals surface area contributed by atoms with E-state index in [1.54, 1.807) is 0 Å². The lowest BCUT2D eigenvalue weighted by Gasteiger charge is -2.19. The van der Waals surface area contributed by atoms with Gasteiger partial charge in [0, 0.05) is 11.6 Å². The number of ether oxygens (including phenoxy) is 1. The lowest BCUT2D eigenvalue weighted by Crippen LogP contribution is -2.30. The molecule has 1 amide bonds. The third-order valence-electron chi connectivity index (χ3n) is 4.36. The third kappa shape index (κ3) is 4.51. The highest BCUT2D eigenvalue weighted by atomic mass is 35.5. The Morgan fingerprint density at radius 2 is 1.88 bits per heavy atom. The second kappa shape index (κ2) is 8.20. The summed E-state index contributed by atoms with van der Waals surface area (Å²) in [5.41, 5.74) is 3.79. The minimum absolute atomic E-state index is 0.0665. The number of amides is 1. The number of carbonyl (C=O) groups is 1. The van der Waals surface area contributed by atoms with E-state index in [-0.39, 0.29) is 12.5 Å². The average Bonchev–Trinajstić information content (AvgIpc) is 2.61. The van der Waals surface area contributed by atoms with Crippen molar-refractivity contribution in [3.8, 4) is 5.75 Å². The lowest BCUT2D eigenvalue weighted by atomic mass is 9.91. The standard InChI is InChI=1S/C20H22ClNO2/c21-17-10-8-15(9-11-17)12-13-22-20(23)14-24-19-7-3-5-16-4-1-2-6-18(16)19/h3,5,7-11H,1-2,4,6,12-14H2,(H,22,23). The summed E-state index contributed by atoms with van der Waals surface area (Å²) >= 11 is 5.86. The number of aryl methyl sites for hydroxylation is 1. The molecule has 1 aliphatic rings. The van der Waals surface area contributed by atoms with Crippen LogP contribution in [0.15, 0.2) is 42.5 Å². The van der Waals surface area contributed by atoms with Crippen LogP contribution in [-0.2, 0) is 24.1 Å². The number of nitrogens with one attached hydrogen (secondary N) is 1. The number of rotatable bonds is 6. The largest absolute Gasteiger partial charge is 0.483 e. The van der Waals surface area contributed by atoms with Crippen LogP contribution in [0.3, 0.4) is 0 Å². The van der Waals surface area contributed by atoms with Crippen molar-refractivity contribution in [3.63, 3.8) is 0 Å². The molecule has 3 rings (SSSR count). The molecule has 0 aliphatic heterocycles. The highest BCUT2D eigenvalue weighted by molar-refractivity contribution is 6.30. The SMILES string of the molecule is O=C(COc1cccc2c1CCCC2)NCCc1ccc(Cl)cc1. The molecule has 0 saturated heterocycles. The molecule has 3 nitrogen and oxygen atoms in total. The predicted octanol–water partition coefficient (Wildman–Crippen LogP) is 3.96. The molecule has 1 aliphatic carbocycles. The Kier molecular flexibility index (Phi) is 5.76. The van der Waals surface area contributed by atoms with E-state index in [1.165, 1.54) is 24.0 Å². The molecule has 0 aromatic heterocycles. The summed E-state index contributed by atoms with van der Waals surface area (Å²) in [6.07, 6.45) is 5.37. The molecule has 4 heteroatoms. The summed E-state index contributed by atoms with van der Waals surface area (Å²) in [6, 6.07) is 13.8. The fourth-order valence-corrected chi connectivity index (χ4v) is 3.20. The van der Waals surface area contributed by atoms with Gasteiger partial charge in [-0.25, -0.2) is 0 Å². The topological polar surface area (TPSA) is 38.3 Å². The first-order valence-electron chi connectivity index (χ1n) is 8.47. The van der Waals surface area contributed by atoms with Crippen LogP contribution in [0, 0.1) is 0 Å². The first-order chi connectivity index (χ1) is 11.7. The molecule has 0 saturated carbocycles. The van der Waals surface area contributed by atoms with E-state index in [4.69, 9.17) is 16.3 Å². The molecule has 0 unspecified atom stereocenters. The Hall–Kier alpha value is -2.00. The third-order valence-corrected chi connectivity index (χ3v) is 4.61. The Bertz CT molecular complexity index is 697. The molecule has 24 heavy (non-hydrogen) atoms. The molecule has 0 heterocycles.